The topological polar surface area (TPSA) is 12.5 Å². The molecule has 2 heteroatoms. The molecule has 0 saturated heterocycles. The Morgan fingerprint density at radius 3 is 2.86 bits per heavy atom. The van der Waals surface area contributed by atoms with Gasteiger partial charge in [0, 0.05) is 19.6 Å². The molecule has 0 radical (unpaired) electrons. The van der Waals surface area contributed by atoms with Gasteiger partial charge in [-0.2, -0.15) is 0 Å². The lowest BCUT2D eigenvalue weighted by molar-refractivity contribution is 0.103. The van der Waals surface area contributed by atoms with Gasteiger partial charge in [-0.15, -0.1) is 12.3 Å². The normalized spacial score (nSPS) is 15.8. The van der Waals surface area contributed by atoms with E-state index in [1.807, 2.05) is 0 Å². The lowest BCUT2D eigenvalue weighted by Gasteiger charge is -2.15. The molecule has 1 rings (SSSR count). The van der Waals surface area contributed by atoms with Crippen molar-refractivity contribution < 1.29 is 4.74 Å². The molecule has 0 aliphatic heterocycles. The van der Waals surface area contributed by atoms with Crippen LogP contribution in [0.3, 0.4) is 0 Å². The second-order valence-electron chi connectivity index (χ2n) is 4.13. The highest BCUT2D eigenvalue weighted by Gasteiger charge is 2.20. The fraction of sp³-hybridized carbons (Fsp3) is 0.833. The van der Waals surface area contributed by atoms with Crippen molar-refractivity contribution >= 4 is 0 Å². The Morgan fingerprint density at radius 1 is 1.43 bits per heavy atom. The average molecular weight is 195 g/mol. The van der Waals surface area contributed by atoms with Gasteiger partial charge in [0.15, 0.2) is 0 Å². The summed E-state index contributed by atoms with van der Waals surface area (Å²) in [5, 5.41) is 0. The van der Waals surface area contributed by atoms with E-state index in [4.69, 9.17) is 11.2 Å². The summed E-state index contributed by atoms with van der Waals surface area (Å²) in [6.45, 7) is 3.94. The quantitative estimate of drug-likeness (QED) is 0.432. The second-order valence-corrected chi connectivity index (χ2v) is 4.13. The fourth-order valence-electron chi connectivity index (χ4n) is 1.32. The summed E-state index contributed by atoms with van der Waals surface area (Å²) in [5.41, 5.74) is 0. The molecule has 14 heavy (non-hydrogen) atoms. The Morgan fingerprint density at radius 2 is 2.21 bits per heavy atom. The summed E-state index contributed by atoms with van der Waals surface area (Å²) >= 11 is 0. The van der Waals surface area contributed by atoms with Crippen LogP contribution in [-0.4, -0.2) is 38.3 Å². The number of rotatable bonds is 8. The predicted molar refractivity (Wildman–Crippen MR) is 59.1 cm³/mol. The number of hydrogen-bond donors (Lipinski definition) is 0. The van der Waals surface area contributed by atoms with Crippen molar-refractivity contribution in [2.24, 2.45) is 5.92 Å². The van der Waals surface area contributed by atoms with Gasteiger partial charge in [0.05, 0.1) is 6.61 Å². The molecule has 1 aliphatic rings. The van der Waals surface area contributed by atoms with Crippen LogP contribution in [0.15, 0.2) is 0 Å². The molecule has 1 saturated carbocycles. The van der Waals surface area contributed by atoms with Gasteiger partial charge in [-0.05, 0) is 38.8 Å². The molecule has 0 bridgehead atoms. The summed E-state index contributed by atoms with van der Waals surface area (Å²) in [7, 11) is 2.12. The van der Waals surface area contributed by atoms with Gasteiger partial charge in [0.25, 0.3) is 0 Å². The van der Waals surface area contributed by atoms with Gasteiger partial charge >= 0.3 is 0 Å². The second kappa shape index (κ2) is 6.86. The molecule has 0 amide bonds. The van der Waals surface area contributed by atoms with Gasteiger partial charge in [0.1, 0.15) is 0 Å². The lowest BCUT2D eigenvalue weighted by Crippen LogP contribution is -2.24. The molecule has 0 N–H and O–H groups in total. The highest BCUT2D eigenvalue weighted by atomic mass is 16.5. The van der Waals surface area contributed by atoms with E-state index in [2.05, 4.69) is 17.9 Å². The number of ether oxygens (including phenoxy) is 1. The zero-order valence-corrected chi connectivity index (χ0v) is 9.17. The summed E-state index contributed by atoms with van der Waals surface area (Å²) in [4.78, 5) is 2.28. The molecule has 1 fully saturated rings. The Hall–Kier alpha value is -0.520. The van der Waals surface area contributed by atoms with Crippen molar-refractivity contribution in [1.29, 1.82) is 0 Å². The minimum Gasteiger partial charge on any atom is -0.380 e. The first-order chi connectivity index (χ1) is 6.83. The molecule has 80 valence electrons. The number of unbranched alkanes of at least 4 members (excludes halogenated alkanes) is 1. The third-order valence-electron chi connectivity index (χ3n) is 2.53. The molecule has 0 atom stereocenters. The molecule has 0 aromatic rings. The average Bonchev–Trinajstić information content (AvgIpc) is 2.97. The van der Waals surface area contributed by atoms with E-state index in [1.165, 1.54) is 12.8 Å². The molecule has 0 spiro atoms. The van der Waals surface area contributed by atoms with E-state index < -0.39 is 0 Å². The highest BCUT2D eigenvalue weighted by Crippen LogP contribution is 2.28. The maximum atomic E-state index is 5.55. The van der Waals surface area contributed by atoms with Gasteiger partial charge in [-0.3, -0.25) is 0 Å². The first kappa shape index (κ1) is 11.6. The van der Waals surface area contributed by atoms with E-state index in [0.29, 0.717) is 0 Å². The summed E-state index contributed by atoms with van der Waals surface area (Å²) in [6.07, 6.45) is 9.90. The van der Waals surface area contributed by atoms with Crippen LogP contribution in [0.4, 0.5) is 0 Å². The number of hydrogen-bond acceptors (Lipinski definition) is 2. The fourth-order valence-corrected chi connectivity index (χ4v) is 1.32. The number of nitrogens with zero attached hydrogens (tertiary/aromatic N) is 1. The molecule has 0 aromatic carbocycles. The first-order valence-corrected chi connectivity index (χ1v) is 5.52. The predicted octanol–water partition coefficient (Wildman–Crippen LogP) is 1.76. The molecular formula is C12H21NO. The summed E-state index contributed by atoms with van der Waals surface area (Å²) in [5.74, 6) is 3.53. The van der Waals surface area contributed by atoms with Crippen LogP contribution >= 0.6 is 0 Å². The smallest absolute Gasteiger partial charge is 0.0593 e. The van der Waals surface area contributed by atoms with Crippen LogP contribution in [0, 0.1) is 18.3 Å². The van der Waals surface area contributed by atoms with E-state index >= 15 is 0 Å². The molecule has 0 aromatic heterocycles. The van der Waals surface area contributed by atoms with Crippen LogP contribution in [0.5, 0.6) is 0 Å². The van der Waals surface area contributed by atoms with Gasteiger partial charge < -0.3 is 9.64 Å². The van der Waals surface area contributed by atoms with Crippen molar-refractivity contribution in [3.05, 3.63) is 0 Å². The summed E-state index contributed by atoms with van der Waals surface area (Å²) < 4.78 is 5.55. The molecule has 0 heterocycles. The van der Waals surface area contributed by atoms with Crippen LogP contribution < -0.4 is 0 Å². The third-order valence-corrected chi connectivity index (χ3v) is 2.53. The van der Waals surface area contributed by atoms with Crippen molar-refractivity contribution in [2.45, 2.75) is 25.7 Å². The van der Waals surface area contributed by atoms with Crippen molar-refractivity contribution in [3.63, 3.8) is 0 Å². The zero-order valence-electron chi connectivity index (χ0n) is 9.17. The van der Waals surface area contributed by atoms with Crippen LogP contribution in [0.25, 0.3) is 0 Å². The van der Waals surface area contributed by atoms with Gasteiger partial charge in [-0.1, -0.05) is 0 Å². The molecule has 0 unspecified atom stereocenters. The minimum absolute atomic E-state index is 0.864. The van der Waals surface area contributed by atoms with Gasteiger partial charge in [0.2, 0.25) is 0 Å². The Bertz CT molecular complexity index is 181. The third kappa shape index (κ3) is 6.01. The largest absolute Gasteiger partial charge is 0.380 e. The van der Waals surface area contributed by atoms with Crippen molar-refractivity contribution in [2.75, 3.05) is 33.4 Å². The van der Waals surface area contributed by atoms with Crippen LogP contribution in [-0.2, 0) is 4.74 Å². The van der Waals surface area contributed by atoms with E-state index in [9.17, 15) is 0 Å². The maximum absolute atomic E-state index is 5.55. The Balaban J connectivity index is 1.81. The first-order valence-electron chi connectivity index (χ1n) is 5.52. The standard InChI is InChI=1S/C12H21NO/c1-3-4-5-8-13(2)9-10-14-11-12-6-7-12/h1,12H,4-11H2,2H3. The molecular weight excluding hydrogens is 174 g/mol. The monoisotopic (exact) mass is 195 g/mol. The van der Waals surface area contributed by atoms with Crippen LogP contribution in [0.1, 0.15) is 25.7 Å². The molecule has 1 aliphatic carbocycles. The summed E-state index contributed by atoms with van der Waals surface area (Å²) in [6, 6.07) is 0. The SMILES string of the molecule is C#CCCCN(C)CCOCC1CC1. The van der Waals surface area contributed by atoms with E-state index in [1.54, 1.807) is 0 Å². The lowest BCUT2D eigenvalue weighted by atomic mass is 10.3. The van der Waals surface area contributed by atoms with Crippen LogP contribution in [0.2, 0.25) is 0 Å². The highest BCUT2D eigenvalue weighted by molar-refractivity contribution is 4.83. The Labute approximate surface area is 87.6 Å². The molecule has 2 nitrogen and oxygen atoms in total. The van der Waals surface area contributed by atoms with E-state index in [0.717, 1.165) is 45.1 Å². The minimum atomic E-state index is 0.864. The van der Waals surface area contributed by atoms with E-state index in [-0.39, 0.29) is 0 Å². The Kier molecular flexibility index (Phi) is 5.66. The zero-order chi connectivity index (χ0) is 10.2. The number of terminal acetylenes is 1. The van der Waals surface area contributed by atoms with Crippen molar-refractivity contribution in [3.8, 4) is 12.3 Å². The van der Waals surface area contributed by atoms with Gasteiger partial charge in [-0.25, -0.2) is 0 Å². The van der Waals surface area contributed by atoms with Crippen molar-refractivity contribution in [1.82, 2.24) is 4.90 Å². The maximum Gasteiger partial charge on any atom is 0.0593 e. The number of likely N-dealkylation sites (N-methyl/N-ethyl adjacent to an activating group) is 1.